The lowest BCUT2D eigenvalue weighted by molar-refractivity contribution is -0.385. The fourth-order valence-electron chi connectivity index (χ4n) is 3.04. The van der Waals surface area contributed by atoms with E-state index in [1.54, 1.807) is 12.3 Å². The number of nitrogens with zero attached hydrogens (tertiary/aromatic N) is 5. The van der Waals surface area contributed by atoms with Crippen LogP contribution in [0.3, 0.4) is 0 Å². The summed E-state index contributed by atoms with van der Waals surface area (Å²) >= 11 is 0. The molecule has 2 aromatic rings. The molecule has 0 unspecified atom stereocenters. The average Bonchev–Trinajstić information content (AvgIpc) is 3.25. The molecule has 2 amide bonds. The summed E-state index contributed by atoms with van der Waals surface area (Å²) in [6.07, 6.45) is 9.99. The minimum atomic E-state index is -0.504. The lowest BCUT2D eigenvalue weighted by Gasteiger charge is -2.23. The zero-order chi connectivity index (χ0) is 17.6. The van der Waals surface area contributed by atoms with E-state index >= 15 is 0 Å². The molecule has 2 heterocycles. The maximum atomic E-state index is 12.0. The highest BCUT2D eigenvalue weighted by atomic mass is 16.6. The van der Waals surface area contributed by atoms with Crippen molar-refractivity contribution in [3.63, 3.8) is 0 Å². The van der Waals surface area contributed by atoms with Crippen LogP contribution in [0.25, 0.3) is 0 Å². The summed E-state index contributed by atoms with van der Waals surface area (Å²) in [5.74, 6) is 0.680. The number of nitrogens with one attached hydrogen (secondary N) is 2. The quantitative estimate of drug-likeness (QED) is 0.614. The Morgan fingerprint density at radius 2 is 2.12 bits per heavy atom. The minimum Gasteiger partial charge on any atom is -0.336 e. The van der Waals surface area contributed by atoms with Crippen LogP contribution in [0.4, 0.5) is 16.3 Å². The highest BCUT2D eigenvalue weighted by molar-refractivity contribution is 5.88. The molecule has 0 saturated heterocycles. The van der Waals surface area contributed by atoms with Crippen LogP contribution in [0.2, 0.25) is 0 Å². The van der Waals surface area contributed by atoms with Crippen LogP contribution >= 0.6 is 0 Å². The Hall–Kier alpha value is -2.91. The van der Waals surface area contributed by atoms with Gasteiger partial charge in [-0.3, -0.25) is 20.1 Å². The second kappa shape index (κ2) is 7.77. The first-order valence-electron chi connectivity index (χ1n) is 8.38. The molecule has 10 nitrogen and oxygen atoms in total. The van der Waals surface area contributed by atoms with Gasteiger partial charge in [-0.25, -0.2) is 9.48 Å². The van der Waals surface area contributed by atoms with Gasteiger partial charge in [-0.15, -0.1) is 0 Å². The highest BCUT2D eigenvalue weighted by Crippen LogP contribution is 2.29. The fraction of sp³-hybridized carbons (Fsp3) is 0.533. The topological polar surface area (TPSA) is 120 Å². The lowest BCUT2D eigenvalue weighted by Crippen LogP contribution is -2.32. The summed E-state index contributed by atoms with van der Waals surface area (Å²) in [4.78, 5) is 22.1. The van der Waals surface area contributed by atoms with Crippen molar-refractivity contribution in [2.45, 2.75) is 44.7 Å². The zero-order valence-corrected chi connectivity index (χ0v) is 13.8. The zero-order valence-electron chi connectivity index (χ0n) is 13.8. The van der Waals surface area contributed by atoms with Crippen molar-refractivity contribution in [2.24, 2.45) is 0 Å². The Kier molecular flexibility index (Phi) is 5.26. The number of carbonyl (C=O) groups is 1. The van der Waals surface area contributed by atoms with Crippen molar-refractivity contribution in [3.8, 4) is 0 Å². The first-order chi connectivity index (χ1) is 12.1. The molecule has 1 fully saturated rings. The van der Waals surface area contributed by atoms with E-state index in [4.69, 9.17) is 0 Å². The van der Waals surface area contributed by atoms with Crippen LogP contribution in [0, 0.1) is 10.1 Å². The smallest absolute Gasteiger partial charge is 0.320 e. The molecular weight excluding hydrogens is 326 g/mol. The molecule has 2 aromatic heterocycles. The molecule has 2 N–H and O–H groups in total. The van der Waals surface area contributed by atoms with Crippen LogP contribution in [0.1, 0.15) is 38.1 Å². The Morgan fingerprint density at radius 3 is 2.84 bits per heavy atom. The van der Waals surface area contributed by atoms with Gasteiger partial charge in [-0.1, -0.05) is 19.3 Å². The van der Waals surface area contributed by atoms with Gasteiger partial charge >= 0.3 is 11.7 Å². The van der Waals surface area contributed by atoms with E-state index < -0.39 is 4.92 Å². The third-order valence-electron chi connectivity index (χ3n) is 4.29. The number of amides is 2. The van der Waals surface area contributed by atoms with Gasteiger partial charge in [-0.2, -0.15) is 10.2 Å². The van der Waals surface area contributed by atoms with Crippen molar-refractivity contribution >= 4 is 17.5 Å². The van der Waals surface area contributed by atoms with Crippen molar-refractivity contribution in [1.82, 2.24) is 24.9 Å². The molecule has 25 heavy (non-hydrogen) atoms. The summed E-state index contributed by atoms with van der Waals surface area (Å²) in [5.41, 5.74) is -0.0687. The second-order valence-corrected chi connectivity index (χ2v) is 6.05. The molecule has 0 aliphatic heterocycles. The highest BCUT2D eigenvalue weighted by Gasteiger charge is 2.19. The van der Waals surface area contributed by atoms with Gasteiger partial charge in [0.25, 0.3) is 0 Å². The van der Waals surface area contributed by atoms with Crippen LogP contribution in [0.5, 0.6) is 0 Å². The van der Waals surface area contributed by atoms with E-state index in [9.17, 15) is 14.9 Å². The number of hydrogen-bond donors (Lipinski definition) is 2. The standard InChI is InChI=1S/C15H21N7O3/c23-15(16-8-9-20-11-13(10-18-20)22(24)25)19-14-6-7-17-21(14)12-4-2-1-3-5-12/h6-7,10-12H,1-5,8-9H2,(H2,16,19,23). The summed E-state index contributed by atoms with van der Waals surface area (Å²) in [6.45, 7) is 0.658. The van der Waals surface area contributed by atoms with Gasteiger partial charge in [0.1, 0.15) is 18.2 Å². The van der Waals surface area contributed by atoms with Gasteiger partial charge in [-0.05, 0) is 12.8 Å². The van der Waals surface area contributed by atoms with Gasteiger partial charge in [0.2, 0.25) is 0 Å². The molecule has 1 aliphatic rings. The first kappa shape index (κ1) is 16.9. The Morgan fingerprint density at radius 1 is 1.32 bits per heavy atom. The average molecular weight is 347 g/mol. The third kappa shape index (κ3) is 4.34. The van der Waals surface area contributed by atoms with Gasteiger partial charge in [0, 0.05) is 12.6 Å². The molecular formula is C15H21N7O3. The number of hydrogen-bond acceptors (Lipinski definition) is 5. The van der Waals surface area contributed by atoms with Crippen molar-refractivity contribution < 1.29 is 9.72 Å². The largest absolute Gasteiger partial charge is 0.336 e. The maximum Gasteiger partial charge on any atom is 0.320 e. The van der Waals surface area contributed by atoms with Crippen molar-refractivity contribution in [3.05, 3.63) is 34.8 Å². The van der Waals surface area contributed by atoms with Gasteiger partial charge < -0.3 is 5.32 Å². The second-order valence-electron chi connectivity index (χ2n) is 6.05. The number of anilines is 1. The van der Waals surface area contributed by atoms with Crippen molar-refractivity contribution in [2.75, 3.05) is 11.9 Å². The third-order valence-corrected chi connectivity index (χ3v) is 4.29. The maximum absolute atomic E-state index is 12.0. The van der Waals surface area contributed by atoms with E-state index in [1.807, 2.05) is 4.68 Å². The van der Waals surface area contributed by atoms with E-state index in [1.165, 1.54) is 36.3 Å². The number of aromatic nitrogens is 4. The van der Waals surface area contributed by atoms with Crippen LogP contribution in [-0.4, -0.2) is 37.1 Å². The molecule has 0 bridgehead atoms. The normalized spacial score (nSPS) is 15.0. The molecule has 134 valence electrons. The fourth-order valence-corrected chi connectivity index (χ4v) is 3.04. The van der Waals surface area contributed by atoms with E-state index in [2.05, 4.69) is 20.8 Å². The monoisotopic (exact) mass is 347 g/mol. The first-order valence-corrected chi connectivity index (χ1v) is 8.38. The molecule has 3 rings (SSSR count). The number of urea groups is 1. The SMILES string of the molecule is O=C(NCCn1cc([N+](=O)[O-])cn1)Nc1ccnn1C1CCCCC1. The molecule has 0 radical (unpaired) electrons. The van der Waals surface area contributed by atoms with Crippen LogP contribution < -0.4 is 10.6 Å². The molecule has 0 aromatic carbocycles. The molecule has 10 heteroatoms. The Bertz CT molecular complexity index is 733. The van der Waals surface area contributed by atoms with E-state index in [0.717, 1.165) is 12.8 Å². The Labute approximate surface area is 144 Å². The molecule has 0 spiro atoms. The Balaban J connectivity index is 1.48. The van der Waals surface area contributed by atoms with E-state index in [-0.39, 0.29) is 11.7 Å². The predicted molar refractivity (Wildman–Crippen MR) is 90.3 cm³/mol. The summed E-state index contributed by atoms with van der Waals surface area (Å²) in [6, 6.07) is 1.79. The molecule has 1 aliphatic carbocycles. The summed E-state index contributed by atoms with van der Waals surface area (Å²) in [5, 5.41) is 24.3. The minimum absolute atomic E-state index is 0.0687. The van der Waals surface area contributed by atoms with Gasteiger partial charge in [0.05, 0.1) is 23.7 Å². The molecule has 0 atom stereocenters. The van der Waals surface area contributed by atoms with Crippen LogP contribution in [0.15, 0.2) is 24.7 Å². The number of nitro groups is 1. The molecule has 1 saturated carbocycles. The van der Waals surface area contributed by atoms with Crippen molar-refractivity contribution in [1.29, 1.82) is 0 Å². The van der Waals surface area contributed by atoms with Gasteiger partial charge in [0.15, 0.2) is 0 Å². The summed E-state index contributed by atoms with van der Waals surface area (Å²) < 4.78 is 3.31. The van der Waals surface area contributed by atoms with Crippen LogP contribution in [-0.2, 0) is 6.54 Å². The lowest BCUT2D eigenvalue weighted by atomic mass is 9.96. The number of rotatable bonds is 6. The number of carbonyl (C=O) groups excluding carboxylic acids is 1. The predicted octanol–water partition coefficient (Wildman–Crippen LogP) is 2.31. The van der Waals surface area contributed by atoms with E-state index in [0.29, 0.717) is 24.9 Å². The summed E-state index contributed by atoms with van der Waals surface area (Å²) in [7, 11) is 0.